The first kappa shape index (κ1) is 26.2. The first-order chi connectivity index (χ1) is 13.3. The van der Waals surface area contributed by atoms with Crippen LogP contribution in [0.15, 0.2) is 0 Å². The Morgan fingerprint density at radius 3 is 1.11 bits per heavy atom. The van der Waals surface area contributed by atoms with Gasteiger partial charge in [0.05, 0.1) is 99.4 Å². The lowest BCUT2D eigenvalue weighted by Crippen LogP contribution is -2.14. The Morgan fingerprint density at radius 1 is 0.519 bits per heavy atom. The molecule has 0 spiro atoms. The van der Waals surface area contributed by atoms with Crippen LogP contribution in [0, 0.1) is 0 Å². The van der Waals surface area contributed by atoms with Crippen LogP contribution in [-0.2, 0) is 42.7 Å². The summed E-state index contributed by atoms with van der Waals surface area (Å²) in [5.74, 6) is -0.277. The van der Waals surface area contributed by atoms with Gasteiger partial charge in [-0.25, -0.2) is 0 Å². The van der Waals surface area contributed by atoms with Crippen LogP contribution in [0.3, 0.4) is 0 Å². The SMILES string of the molecule is CCOCCOCCOCCOCCOCCOCCOCCC(=O)OC. The van der Waals surface area contributed by atoms with E-state index in [2.05, 4.69) is 4.74 Å². The number of carbonyl (C=O) groups excluding carboxylic acids is 1. The van der Waals surface area contributed by atoms with Crippen LogP contribution in [0.25, 0.3) is 0 Å². The highest BCUT2D eigenvalue weighted by molar-refractivity contribution is 5.69. The normalized spacial score (nSPS) is 11.0. The summed E-state index contributed by atoms with van der Waals surface area (Å²) in [6.07, 6.45) is 0.257. The second-order valence-electron chi connectivity index (χ2n) is 5.20. The average Bonchev–Trinajstić information content (AvgIpc) is 2.68. The van der Waals surface area contributed by atoms with Gasteiger partial charge in [-0.3, -0.25) is 4.79 Å². The number of hydrogen-bond acceptors (Lipinski definition) is 9. The third kappa shape index (κ3) is 23.2. The predicted octanol–water partition coefficient (Wildman–Crippen LogP) is 0.686. The Bertz CT molecular complexity index is 303. The van der Waals surface area contributed by atoms with Gasteiger partial charge >= 0.3 is 5.97 Å². The van der Waals surface area contributed by atoms with Gasteiger partial charge in [-0.2, -0.15) is 0 Å². The molecule has 0 bridgehead atoms. The monoisotopic (exact) mass is 396 g/mol. The Morgan fingerprint density at radius 2 is 0.815 bits per heavy atom. The Hall–Kier alpha value is -0.810. The number of methoxy groups -OCH3 is 1. The van der Waals surface area contributed by atoms with E-state index in [0.717, 1.165) is 0 Å². The summed E-state index contributed by atoms with van der Waals surface area (Å²) in [5.41, 5.74) is 0. The number of ether oxygens (including phenoxy) is 8. The summed E-state index contributed by atoms with van der Waals surface area (Å²) in [7, 11) is 1.35. The fourth-order valence-corrected chi connectivity index (χ4v) is 1.72. The molecule has 0 fully saturated rings. The molecule has 0 saturated carbocycles. The van der Waals surface area contributed by atoms with Crippen molar-refractivity contribution in [1.29, 1.82) is 0 Å². The van der Waals surface area contributed by atoms with Gasteiger partial charge in [0.25, 0.3) is 0 Å². The summed E-state index contributed by atoms with van der Waals surface area (Å²) in [6.45, 7) is 9.34. The third-order valence-electron chi connectivity index (χ3n) is 3.11. The maximum atomic E-state index is 10.8. The molecule has 0 saturated heterocycles. The van der Waals surface area contributed by atoms with Crippen LogP contribution in [0.5, 0.6) is 0 Å². The topological polar surface area (TPSA) is 90.9 Å². The molecule has 0 aliphatic carbocycles. The lowest BCUT2D eigenvalue weighted by Gasteiger charge is -2.08. The first-order valence-electron chi connectivity index (χ1n) is 9.42. The molecular weight excluding hydrogens is 360 g/mol. The van der Waals surface area contributed by atoms with Gasteiger partial charge in [0.1, 0.15) is 0 Å². The van der Waals surface area contributed by atoms with E-state index in [1.54, 1.807) is 0 Å². The van der Waals surface area contributed by atoms with Crippen LogP contribution in [0.2, 0.25) is 0 Å². The van der Waals surface area contributed by atoms with Gasteiger partial charge in [0.2, 0.25) is 0 Å². The minimum Gasteiger partial charge on any atom is -0.469 e. The standard InChI is InChI=1S/C18H36O9/c1-3-21-6-7-23-10-11-25-14-15-27-17-16-26-13-12-24-9-8-22-5-4-18(19)20-2/h3-17H2,1-2H3. The second-order valence-corrected chi connectivity index (χ2v) is 5.20. The fourth-order valence-electron chi connectivity index (χ4n) is 1.72. The molecule has 0 aliphatic heterocycles. The quantitative estimate of drug-likeness (QED) is 0.194. The zero-order chi connectivity index (χ0) is 19.8. The molecular formula is C18H36O9. The molecule has 0 radical (unpaired) electrons. The van der Waals surface area contributed by atoms with E-state index in [1.807, 2.05) is 6.92 Å². The summed E-state index contributed by atoms with van der Waals surface area (Å²) < 4.78 is 41.7. The molecule has 0 aromatic carbocycles. The largest absolute Gasteiger partial charge is 0.469 e. The molecule has 0 aromatic heterocycles. The van der Waals surface area contributed by atoms with E-state index in [9.17, 15) is 4.79 Å². The van der Waals surface area contributed by atoms with E-state index >= 15 is 0 Å². The molecule has 0 amide bonds. The summed E-state index contributed by atoms with van der Waals surface area (Å²) in [5, 5.41) is 0. The molecule has 0 unspecified atom stereocenters. The Labute approximate surface area is 162 Å². The predicted molar refractivity (Wildman–Crippen MR) is 98.0 cm³/mol. The van der Waals surface area contributed by atoms with E-state index < -0.39 is 0 Å². The van der Waals surface area contributed by atoms with Gasteiger partial charge in [-0.15, -0.1) is 0 Å². The molecule has 162 valence electrons. The van der Waals surface area contributed by atoms with Crippen LogP contribution >= 0.6 is 0 Å². The Kier molecular flexibility index (Phi) is 22.5. The van der Waals surface area contributed by atoms with E-state index in [0.29, 0.717) is 92.5 Å². The molecule has 0 rings (SSSR count). The van der Waals surface area contributed by atoms with Crippen LogP contribution in [-0.4, -0.2) is 106 Å². The van der Waals surface area contributed by atoms with Crippen molar-refractivity contribution in [3.63, 3.8) is 0 Å². The minimum atomic E-state index is -0.277. The fraction of sp³-hybridized carbons (Fsp3) is 0.944. The van der Waals surface area contributed by atoms with E-state index in [4.69, 9.17) is 33.2 Å². The van der Waals surface area contributed by atoms with Crippen molar-refractivity contribution in [3.8, 4) is 0 Å². The van der Waals surface area contributed by atoms with Gasteiger partial charge in [-0.05, 0) is 6.92 Å². The van der Waals surface area contributed by atoms with Gasteiger partial charge in [0.15, 0.2) is 0 Å². The minimum absolute atomic E-state index is 0.257. The molecule has 0 heterocycles. The summed E-state index contributed by atoms with van der Waals surface area (Å²) >= 11 is 0. The van der Waals surface area contributed by atoms with Gasteiger partial charge in [0, 0.05) is 6.61 Å². The highest BCUT2D eigenvalue weighted by Gasteiger charge is 1.99. The second kappa shape index (κ2) is 23.2. The molecule has 9 nitrogen and oxygen atoms in total. The van der Waals surface area contributed by atoms with Gasteiger partial charge < -0.3 is 37.9 Å². The number of esters is 1. The molecule has 27 heavy (non-hydrogen) atoms. The smallest absolute Gasteiger partial charge is 0.307 e. The maximum absolute atomic E-state index is 10.8. The van der Waals surface area contributed by atoms with Crippen molar-refractivity contribution >= 4 is 5.97 Å². The van der Waals surface area contributed by atoms with E-state index in [-0.39, 0.29) is 12.4 Å². The number of carbonyl (C=O) groups is 1. The molecule has 0 aromatic rings. The molecule has 0 atom stereocenters. The Balaban J connectivity index is 3.00. The highest BCUT2D eigenvalue weighted by atomic mass is 16.6. The summed E-state index contributed by atoms with van der Waals surface area (Å²) in [4.78, 5) is 10.8. The van der Waals surface area contributed by atoms with Crippen molar-refractivity contribution in [3.05, 3.63) is 0 Å². The van der Waals surface area contributed by atoms with Crippen molar-refractivity contribution in [1.82, 2.24) is 0 Å². The zero-order valence-electron chi connectivity index (χ0n) is 16.8. The lowest BCUT2D eigenvalue weighted by molar-refractivity contribution is -0.141. The van der Waals surface area contributed by atoms with Crippen molar-refractivity contribution in [2.24, 2.45) is 0 Å². The zero-order valence-corrected chi connectivity index (χ0v) is 16.8. The van der Waals surface area contributed by atoms with E-state index in [1.165, 1.54) is 7.11 Å². The molecule has 9 heteroatoms. The van der Waals surface area contributed by atoms with Crippen molar-refractivity contribution in [2.45, 2.75) is 13.3 Å². The molecule has 0 N–H and O–H groups in total. The highest BCUT2D eigenvalue weighted by Crippen LogP contribution is 1.88. The molecule has 0 aliphatic rings. The van der Waals surface area contributed by atoms with Crippen LogP contribution in [0.4, 0.5) is 0 Å². The lowest BCUT2D eigenvalue weighted by atomic mass is 10.5. The van der Waals surface area contributed by atoms with Crippen LogP contribution < -0.4 is 0 Å². The number of hydrogen-bond donors (Lipinski definition) is 0. The average molecular weight is 396 g/mol. The van der Waals surface area contributed by atoms with Gasteiger partial charge in [-0.1, -0.05) is 0 Å². The summed E-state index contributed by atoms with van der Waals surface area (Å²) in [6, 6.07) is 0. The van der Waals surface area contributed by atoms with Crippen LogP contribution in [0.1, 0.15) is 13.3 Å². The third-order valence-corrected chi connectivity index (χ3v) is 3.11. The van der Waals surface area contributed by atoms with Crippen molar-refractivity contribution < 1.29 is 42.7 Å². The van der Waals surface area contributed by atoms with Crippen molar-refractivity contribution in [2.75, 3.05) is 99.6 Å². The maximum Gasteiger partial charge on any atom is 0.307 e. The number of rotatable bonds is 22. The first-order valence-corrected chi connectivity index (χ1v) is 9.42.